The fraction of sp³-hybridized carbons (Fsp3) is 0.0588. The van der Waals surface area contributed by atoms with E-state index in [2.05, 4.69) is 9.98 Å². The van der Waals surface area contributed by atoms with Crippen LogP contribution in [0.2, 0.25) is 0 Å². The van der Waals surface area contributed by atoms with Gasteiger partial charge in [0.05, 0.1) is 16.3 Å². The van der Waals surface area contributed by atoms with Gasteiger partial charge in [0, 0.05) is 17.1 Å². The molecular formula is C17H14N6S2. The molecule has 0 amide bonds. The number of rotatable bonds is 4. The van der Waals surface area contributed by atoms with Crippen LogP contribution < -0.4 is 5.73 Å². The number of imidazole rings is 1. The molecule has 25 heavy (non-hydrogen) atoms. The molecule has 0 fully saturated rings. The number of aliphatic imine (C=N–C) groups is 1. The van der Waals surface area contributed by atoms with E-state index in [1.807, 2.05) is 53.2 Å². The first-order chi connectivity index (χ1) is 12.2. The van der Waals surface area contributed by atoms with Crippen LogP contribution in [0.25, 0.3) is 26.9 Å². The van der Waals surface area contributed by atoms with Gasteiger partial charge >= 0.3 is 0 Å². The zero-order chi connectivity index (χ0) is 17.4. The van der Waals surface area contributed by atoms with Crippen LogP contribution >= 0.6 is 22.7 Å². The van der Waals surface area contributed by atoms with Crippen LogP contribution in [-0.2, 0) is 0 Å². The number of aryl methyl sites for hydroxylation is 1. The highest BCUT2D eigenvalue weighted by Gasteiger charge is 2.21. The first-order valence-electron chi connectivity index (χ1n) is 7.50. The Morgan fingerprint density at radius 2 is 2.08 bits per heavy atom. The van der Waals surface area contributed by atoms with Gasteiger partial charge in [0.1, 0.15) is 22.9 Å². The fourth-order valence-corrected chi connectivity index (χ4v) is 4.52. The van der Waals surface area contributed by atoms with E-state index in [1.165, 1.54) is 11.3 Å². The number of benzene rings is 1. The van der Waals surface area contributed by atoms with Crippen molar-refractivity contribution in [3.63, 3.8) is 0 Å². The van der Waals surface area contributed by atoms with E-state index >= 15 is 0 Å². The van der Waals surface area contributed by atoms with E-state index in [9.17, 15) is 0 Å². The maximum absolute atomic E-state index is 7.20. The summed E-state index contributed by atoms with van der Waals surface area (Å²) in [6.45, 7) is 1.98. The molecule has 0 atom stereocenters. The van der Waals surface area contributed by atoms with Gasteiger partial charge in [-0.05, 0) is 6.92 Å². The summed E-state index contributed by atoms with van der Waals surface area (Å²) >= 11 is 3.06. The molecule has 0 saturated heterocycles. The molecule has 0 radical (unpaired) electrons. The van der Waals surface area contributed by atoms with E-state index < -0.39 is 0 Å². The molecule has 0 aliphatic carbocycles. The van der Waals surface area contributed by atoms with Crippen molar-refractivity contribution in [2.75, 3.05) is 0 Å². The molecule has 0 aliphatic rings. The summed E-state index contributed by atoms with van der Waals surface area (Å²) < 4.78 is 2.04. The van der Waals surface area contributed by atoms with Crippen molar-refractivity contribution in [1.29, 1.82) is 5.41 Å². The molecule has 6 nitrogen and oxygen atoms in total. The molecule has 4 rings (SSSR count). The van der Waals surface area contributed by atoms with E-state index in [4.69, 9.17) is 16.1 Å². The third kappa shape index (κ3) is 2.65. The first kappa shape index (κ1) is 15.7. The molecule has 0 spiro atoms. The average Bonchev–Trinajstić information content (AvgIpc) is 3.30. The predicted molar refractivity (Wildman–Crippen MR) is 104 cm³/mol. The molecule has 0 bridgehead atoms. The number of hydrogen-bond donors (Lipinski definition) is 2. The topological polar surface area (TPSA) is 92.4 Å². The third-order valence-corrected chi connectivity index (χ3v) is 5.59. The second kappa shape index (κ2) is 6.23. The molecule has 124 valence electrons. The zero-order valence-electron chi connectivity index (χ0n) is 13.3. The monoisotopic (exact) mass is 366 g/mol. The van der Waals surface area contributed by atoms with Crippen molar-refractivity contribution in [1.82, 2.24) is 14.4 Å². The van der Waals surface area contributed by atoms with Crippen LogP contribution in [0.3, 0.4) is 0 Å². The van der Waals surface area contributed by atoms with E-state index in [0.717, 1.165) is 43.8 Å². The van der Waals surface area contributed by atoms with Gasteiger partial charge in [-0.1, -0.05) is 30.3 Å². The van der Waals surface area contributed by atoms with E-state index in [1.54, 1.807) is 11.3 Å². The van der Waals surface area contributed by atoms with Crippen LogP contribution in [0.15, 0.2) is 46.9 Å². The van der Waals surface area contributed by atoms with Crippen LogP contribution in [0, 0.1) is 12.3 Å². The summed E-state index contributed by atoms with van der Waals surface area (Å²) in [6, 6.07) is 9.86. The summed E-state index contributed by atoms with van der Waals surface area (Å²) in [7, 11) is 0. The molecule has 3 aromatic heterocycles. The minimum absolute atomic E-state index is 0.293. The Kier molecular flexibility index (Phi) is 3.90. The average molecular weight is 366 g/mol. The highest BCUT2D eigenvalue weighted by Crippen LogP contribution is 2.36. The molecular weight excluding hydrogens is 352 g/mol. The van der Waals surface area contributed by atoms with Crippen LogP contribution in [0.5, 0.6) is 0 Å². The maximum Gasteiger partial charge on any atom is 0.194 e. The largest absolute Gasteiger partial charge is 0.382 e. The van der Waals surface area contributed by atoms with Gasteiger partial charge in [-0.2, -0.15) is 0 Å². The van der Waals surface area contributed by atoms with Crippen LogP contribution in [0.1, 0.15) is 10.6 Å². The second-order valence-corrected chi connectivity index (χ2v) is 7.18. The Labute approximate surface area is 151 Å². The molecule has 3 heterocycles. The minimum atomic E-state index is 0.293. The van der Waals surface area contributed by atoms with Gasteiger partial charge in [0.25, 0.3) is 0 Å². The number of nitrogens with two attached hydrogens (primary N) is 1. The molecule has 0 unspecified atom stereocenters. The maximum atomic E-state index is 7.20. The van der Waals surface area contributed by atoms with Crippen molar-refractivity contribution in [3.05, 3.63) is 52.5 Å². The van der Waals surface area contributed by atoms with E-state index in [-0.39, 0.29) is 0 Å². The summed E-state index contributed by atoms with van der Waals surface area (Å²) in [5, 5.41) is 10.0. The van der Waals surface area contributed by atoms with Gasteiger partial charge in [-0.15, -0.1) is 22.7 Å². The highest BCUT2D eigenvalue weighted by molar-refractivity contribution is 7.17. The number of thiazole rings is 2. The van der Waals surface area contributed by atoms with Crippen molar-refractivity contribution in [2.45, 2.75) is 6.92 Å². The smallest absolute Gasteiger partial charge is 0.194 e. The highest BCUT2D eigenvalue weighted by atomic mass is 32.1. The first-order valence-corrected chi connectivity index (χ1v) is 9.20. The lowest BCUT2D eigenvalue weighted by Crippen LogP contribution is -2.12. The normalized spacial score (nSPS) is 12.0. The van der Waals surface area contributed by atoms with Crippen molar-refractivity contribution in [2.24, 2.45) is 10.7 Å². The molecule has 4 aromatic rings. The van der Waals surface area contributed by atoms with Gasteiger partial charge in [0.2, 0.25) is 0 Å². The summed E-state index contributed by atoms with van der Waals surface area (Å²) in [5.41, 5.74) is 9.72. The van der Waals surface area contributed by atoms with Gasteiger partial charge in [0.15, 0.2) is 4.96 Å². The van der Waals surface area contributed by atoms with E-state index in [0.29, 0.717) is 5.84 Å². The van der Waals surface area contributed by atoms with Gasteiger partial charge in [-0.25, -0.2) is 15.0 Å². The van der Waals surface area contributed by atoms with Crippen molar-refractivity contribution < 1.29 is 0 Å². The quantitative estimate of drug-likeness (QED) is 0.425. The molecule has 1 aromatic carbocycles. The Morgan fingerprint density at radius 1 is 1.28 bits per heavy atom. The number of nitrogens with zero attached hydrogens (tertiary/aromatic N) is 4. The number of nitrogens with one attached hydrogen (secondary N) is 1. The van der Waals surface area contributed by atoms with Crippen LogP contribution in [0.4, 0.5) is 0 Å². The Balaban J connectivity index is 1.96. The zero-order valence-corrected chi connectivity index (χ0v) is 14.9. The van der Waals surface area contributed by atoms with Gasteiger partial charge < -0.3 is 5.73 Å². The number of hydrogen-bond acceptors (Lipinski definition) is 5. The van der Waals surface area contributed by atoms with Crippen molar-refractivity contribution in [3.8, 4) is 22.0 Å². The minimum Gasteiger partial charge on any atom is -0.382 e. The lowest BCUT2D eigenvalue weighted by molar-refractivity contribution is 1.21. The lowest BCUT2D eigenvalue weighted by atomic mass is 10.1. The lowest BCUT2D eigenvalue weighted by Gasteiger charge is -2.00. The standard InChI is InChI=1S/C17H14N6S2/c1-10-13(23-7-8-24-17(23)21-10)16-22-12(11-5-3-2-4-6-11)14(25-16)15(19)20-9-18/h2-9H,1H3,(H3,18,19,20). The Bertz CT molecular complexity index is 1090. The predicted octanol–water partition coefficient (Wildman–Crippen LogP) is 3.81. The SMILES string of the molecule is Cc1nc2sccn2c1-c1nc(-c2ccccc2)c(C(N)=NC=N)s1. The number of fused-ring (bicyclic) bond motifs is 1. The molecule has 0 aliphatic heterocycles. The summed E-state index contributed by atoms with van der Waals surface area (Å²) in [5.74, 6) is 0.293. The third-order valence-electron chi connectivity index (χ3n) is 3.75. The van der Waals surface area contributed by atoms with Crippen LogP contribution in [-0.4, -0.2) is 26.5 Å². The van der Waals surface area contributed by atoms with Gasteiger partial charge in [-0.3, -0.25) is 9.81 Å². The molecule has 8 heteroatoms. The fourth-order valence-electron chi connectivity index (χ4n) is 2.67. The Hall–Kier alpha value is -2.84. The number of amidine groups is 1. The molecule has 0 saturated carbocycles. The summed E-state index contributed by atoms with van der Waals surface area (Å²) in [6.07, 6.45) is 2.94. The Morgan fingerprint density at radius 3 is 2.84 bits per heavy atom. The number of aromatic nitrogens is 3. The second-order valence-electron chi connectivity index (χ2n) is 5.31. The van der Waals surface area contributed by atoms with Crippen molar-refractivity contribution >= 4 is 39.8 Å². The summed E-state index contributed by atoms with van der Waals surface area (Å²) in [4.78, 5) is 15.1. The molecule has 3 N–H and O–H groups in total.